The van der Waals surface area contributed by atoms with Crippen LogP contribution in [0.25, 0.3) is 0 Å². The molecule has 0 N–H and O–H groups in total. The average Bonchev–Trinajstić information content (AvgIpc) is 2.12. The standard InChI is InChI=1S/C9H14N2O2/c1-4-12-8-7(3)6-10-9(11-8)13-5-2/h6H,4-5H2,1-3H3. The van der Waals surface area contributed by atoms with E-state index in [9.17, 15) is 0 Å². The molecule has 0 radical (unpaired) electrons. The van der Waals surface area contributed by atoms with Gasteiger partial charge in [0.2, 0.25) is 5.88 Å². The minimum Gasteiger partial charge on any atom is -0.478 e. The first-order valence-electron chi connectivity index (χ1n) is 4.37. The van der Waals surface area contributed by atoms with Crippen LogP contribution in [0.3, 0.4) is 0 Å². The number of rotatable bonds is 4. The van der Waals surface area contributed by atoms with Crippen LogP contribution in [0.15, 0.2) is 6.20 Å². The summed E-state index contributed by atoms with van der Waals surface area (Å²) in [6, 6.07) is 0.372. The Hall–Kier alpha value is -1.32. The molecule has 1 aromatic rings. The minimum atomic E-state index is 0.372. The maximum atomic E-state index is 5.29. The number of aromatic nitrogens is 2. The number of ether oxygens (including phenoxy) is 2. The van der Waals surface area contributed by atoms with Crippen LogP contribution in [0.4, 0.5) is 0 Å². The topological polar surface area (TPSA) is 44.2 Å². The van der Waals surface area contributed by atoms with E-state index in [1.54, 1.807) is 6.20 Å². The minimum absolute atomic E-state index is 0.372. The summed E-state index contributed by atoms with van der Waals surface area (Å²) >= 11 is 0. The number of hydrogen-bond acceptors (Lipinski definition) is 4. The normalized spacial score (nSPS) is 9.77. The lowest BCUT2D eigenvalue weighted by molar-refractivity contribution is 0.287. The number of aryl methyl sites for hydroxylation is 1. The zero-order valence-corrected chi connectivity index (χ0v) is 8.20. The van der Waals surface area contributed by atoms with Crippen molar-refractivity contribution in [2.45, 2.75) is 20.8 Å². The van der Waals surface area contributed by atoms with Crippen LogP contribution in [0.2, 0.25) is 0 Å². The number of nitrogens with zero attached hydrogens (tertiary/aromatic N) is 2. The molecular formula is C9H14N2O2. The van der Waals surface area contributed by atoms with Crippen molar-refractivity contribution in [2.75, 3.05) is 13.2 Å². The van der Waals surface area contributed by atoms with E-state index in [-0.39, 0.29) is 0 Å². The van der Waals surface area contributed by atoms with Crippen LogP contribution in [0, 0.1) is 6.92 Å². The lowest BCUT2D eigenvalue weighted by Crippen LogP contribution is -2.02. The van der Waals surface area contributed by atoms with E-state index in [1.165, 1.54) is 0 Å². The fourth-order valence-corrected chi connectivity index (χ4v) is 0.893. The zero-order valence-electron chi connectivity index (χ0n) is 8.20. The summed E-state index contributed by atoms with van der Waals surface area (Å²) in [5, 5.41) is 0. The Morgan fingerprint density at radius 2 is 1.92 bits per heavy atom. The molecule has 4 heteroatoms. The lowest BCUT2D eigenvalue weighted by Gasteiger charge is -2.06. The van der Waals surface area contributed by atoms with E-state index in [0.717, 1.165) is 5.56 Å². The van der Waals surface area contributed by atoms with Gasteiger partial charge in [-0.3, -0.25) is 0 Å². The van der Waals surface area contributed by atoms with E-state index in [0.29, 0.717) is 25.1 Å². The second-order valence-corrected chi connectivity index (χ2v) is 2.51. The van der Waals surface area contributed by atoms with Gasteiger partial charge in [0.25, 0.3) is 0 Å². The summed E-state index contributed by atoms with van der Waals surface area (Å²) in [6.45, 7) is 6.88. The van der Waals surface area contributed by atoms with Crippen molar-refractivity contribution in [2.24, 2.45) is 0 Å². The molecular weight excluding hydrogens is 168 g/mol. The monoisotopic (exact) mass is 182 g/mol. The molecule has 0 aliphatic rings. The highest BCUT2D eigenvalue weighted by molar-refractivity contribution is 5.23. The van der Waals surface area contributed by atoms with Crippen molar-refractivity contribution < 1.29 is 9.47 Å². The van der Waals surface area contributed by atoms with Gasteiger partial charge in [-0.2, -0.15) is 4.98 Å². The van der Waals surface area contributed by atoms with Crippen LogP contribution in [-0.2, 0) is 0 Å². The molecule has 1 aromatic heterocycles. The molecule has 0 fully saturated rings. The van der Waals surface area contributed by atoms with E-state index in [2.05, 4.69) is 9.97 Å². The van der Waals surface area contributed by atoms with E-state index in [4.69, 9.17) is 9.47 Å². The second-order valence-electron chi connectivity index (χ2n) is 2.51. The maximum absolute atomic E-state index is 5.29. The van der Waals surface area contributed by atoms with Gasteiger partial charge in [-0.1, -0.05) is 0 Å². The van der Waals surface area contributed by atoms with Gasteiger partial charge in [0, 0.05) is 11.8 Å². The zero-order chi connectivity index (χ0) is 9.68. The first-order valence-corrected chi connectivity index (χ1v) is 4.37. The van der Waals surface area contributed by atoms with Gasteiger partial charge in [0.05, 0.1) is 13.2 Å². The predicted octanol–water partition coefficient (Wildman–Crippen LogP) is 1.58. The largest absolute Gasteiger partial charge is 0.478 e. The third-order valence-corrected chi connectivity index (χ3v) is 1.46. The molecule has 0 saturated carbocycles. The van der Waals surface area contributed by atoms with Crippen molar-refractivity contribution >= 4 is 0 Å². The van der Waals surface area contributed by atoms with Gasteiger partial charge in [-0.05, 0) is 20.8 Å². The molecule has 4 nitrogen and oxygen atoms in total. The van der Waals surface area contributed by atoms with E-state index < -0.39 is 0 Å². The smallest absolute Gasteiger partial charge is 0.319 e. The number of hydrogen-bond donors (Lipinski definition) is 0. The first-order chi connectivity index (χ1) is 6.27. The molecule has 0 unspecified atom stereocenters. The summed E-state index contributed by atoms with van der Waals surface area (Å²) in [5.74, 6) is 0.598. The Kier molecular flexibility index (Phi) is 3.49. The fraction of sp³-hybridized carbons (Fsp3) is 0.556. The molecule has 0 amide bonds. The third kappa shape index (κ3) is 2.57. The van der Waals surface area contributed by atoms with Gasteiger partial charge >= 0.3 is 6.01 Å². The van der Waals surface area contributed by atoms with Crippen molar-refractivity contribution in [1.82, 2.24) is 9.97 Å². The summed E-state index contributed by atoms with van der Waals surface area (Å²) in [4.78, 5) is 8.09. The molecule has 0 aromatic carbocycles. The predicted molar refractivity (Wildman–Crippen MR) is 49.1 cm³/mol. The fourth-order valence-electron chi connectivity index (χ4n) is 0.893. The average molecular weight is 182 g/mol. The molecule has 0 bridgehead atoms. The SMILES string of the molecule is CCOc1ncc(C)c(OCC)n1. The van der Waals surface area contributed by atoms with Crippen molar-refractivity contribution in [1.29, 1.82) is 0 Å². The van der Waals surface area contributed by atoms with E-state index >= 15 is 0 Å². The third-order valence-electron chi connectivity index (χ3n) is 1.46. The van der Waals surface area contributed by atoms with Crippen LogP contribution in [-0.4, -0.2) is 23.2 Å². The van der Waals surface area contributed by atoms with Gasteiger partial charge in [0.15, 0.2) is 0 Å². The quantitative estimate of drug-likeness (QED) is 0.709. The molecule has 0 atom stereocenters. The molecule has 0 saturated heterocycles. The highest BCUT2D eigenvalue weighted by Crippen LogP contribution is 2.15. The van der Waals surface area contributed by atoms with Crippen LogP contribution >= 0.6 is 0 Å². The van der Waals surface area contributed by atoms with E-state index in [1.807, 2.05) is 20.8 Å². The Morgan fingerprint density at radius 1 is 1.23 bits per heavy atom. The van der Waals surface area contributed by atoms with Crippen LogP contribution < -0.4 is 9.47 Å². The van der Waals surface area contributed by atoms with Crippen molar-refractivity contribution in [3.8, 4) is 11.9 Å². The van der Waals surface area contributed by atoms with Crippen molar-refractivity contribution in [3.05, 3.63) is 11.8 Å². The maximum Gasteiger partial charge on any atom is 0.319 e. The Balaban J connectivity index is 2.83. The molecule has 0 aliphatic heterocycles. The summed E-state index contributed by atoms with van der Waals surface area (Å²) in [7, 11) is 0. The molecule has 72 valence electrons. The highest BCUT2D eigenvalue weighted by Gasteiger charge is 2.03. The second kappa shape index (κ2) is 4.64. The summed E-state index contributed by atoms with van der Waals surface area (Å²) < 4.78 is 10.4. The summed E-state index contributed by atoms with van der Waals surface area (Å²) in [6.07, 6.45) is 1.70. The Morgan fingerprint density at radius 3 is 2.54 bits per heavy atom. The molecule has 1 rings (SSSR count). The van der Waals surface area contributed by atoms with Gasteiger partial charge in [-0.15, -0.1) is 0 Å². The summed E-state index contributed by atoms with van der Waals surface area (Å²) in [5.41, 5.74) is 0.922. The molecule has 0 spiro atoms. The Labute approximate surface area is 77.9 Å². The highest BCUT2D eigenvalue weighted by atomic mass is 16.5. The van der Waals surface area contributed by atoms with Crippen LogP contribution in [0.1, 0.15) is 19.4 Å². The van der Waals surface area contributed by atoms with Crippen molar-refractivity contribution in [3.63, 3.8) is 0 Å². The van der Waals surface area contributed by atoms with Crippen LogP contribution in [0.5, 0.6) is 11.9 Å². The molecule has 1 heterocycles. The first kappa shape index (κ1) is 9.77. The molecule has 13 heavy (non-hydrogen) atoms. The van der Waals surface area contributed by atoms with Gasteiger partial charge in [0.1, 0.15) is 0 Å². The van der Waals surface area contributed by atoms with Gasteiger partial charge in [-0.25, -0.2) is 4.98 Å². The lowest BCUT2D eigenvalue weighted by atomic mass is 10.4. The molecule has 0 aliphatic carbocycles. The Bertz CT molecular complexity index is 276. The van der Waals surface area contributed by atoms with Gasteiger partial charge < -0.3 is 9.47 Å².